The summed E-state index contributed by atoms with van der Waals surface area (Å²) in [5.74, 6) is 2.30. The molecule has 0 saturated carbocycles. The number of nitrogens with zero attached hydrogens (tertiary/aromatic N) is 2. The van der Waals surface area contributed by atoms with Crippen LogP contribution in [0.5, 0.6) is 11.5 Å². The molecule has 1 atom stereocenters. The Labute approximate surface area is 154 Å². The highest BCUT2D eigenvalue weighted by Crippen LogP contribution is 2.34. The van der Waals surface area contributed by atoms with Crippen LogP contribution in [0.2, 0.25) is 0 Å². The number of rotatable bonds is 6. The third kappa shape index (κ3) is 4.12. The van der Waals surface area contributed by atoms with E-state index in [0.717, 1.165) is 43.2 Å². The van der Waals surface area contributed by atoms with E-state index < -0.39 is 0 Å². The number of ether oxygens (including phenoxy) is 2. The molecule has 0 radical (unpaired) electrons. The Morgan fingerprint density at radius 1 is 1.27 bits per heavy atom. The minimum Gasteiger partial charge on any atom is -0.454 e. The summed E-state index contributed by atoms with van der Waals surface area (Å²) in [6, 6.07) is 8.75. The van der Waals surface area contributed by atoms with Crippen molar-refractivity contribution >= 4 is 5.69 Å². The summed E-state index contributed by atoms with van der Waals surface area (Å²) < 4.78 is 10.9. The van der Waals surface area contributed by atoms with Crippen LogP contribution < -0.4 is 14.8 Å². The lowest BCUT2D eigenvalue weighted by atomic mass is 10.0. The molecule has 1 saturated heterocycles. The van der Waals surface area contributed by atoms with Gasteiger partial charge in [0.15, 0.2) is 11.5 Å². The summed E-state index contributed by atoms with van der Waals surface area (Å²) in [6.45, 7) is 7.88. The van der Waals surface area contributed by atoms with Crippen molar-refractivity contribution in [2.75, 3.05) is 25.2 Å². The van der Waals surface area contributed by atoms with Gasteiger partial charge in [0.25, 0.3) is 0 Å². The van der Waals surface area contributed by atoms with E-state index in [1.54, 1.807) is 0 Å². The normalized spacial score (nSPS) is 19.9. The molecule has 2 aliphatic rings. The van der Waals surface area contributed by atoms with Crippen molar-refractivity contribution in [2.24, 2.45) is 5.92 Å². The van der Waals surface area contributed by atoms with Crippen LogP contribution in [0, 0.1) is 5.92 Å². The highest BCUT2D eigenvalue weighted by atomic mass is 16.7. The van der Waals surface area contributed by atoms with Crippen LogP contribution in [0.25, 0.3) is 0 Å². The van der Waals surface area contributed by atoms with Crippen molar-refractivity contribution in [3.05, 3.63) is 35.7 Å². The van der Waals surface area contributed by atoms with Crippen LogP contribution in [0.4, 0.5) is 5.69 Å². The summed E-state index contributed by atoms with van der Waals surface area (Å²) in [5, 5.41) is 11.3. The molecule has 1 fully saturated rings. The quantitative estimate of drug-likeness (QED) is 0.830. The van der Waals surface area contributed by atoms with Gasteiger partial charge in [0.2, 0.25) is 6.79 Å². The van der Waals surface area contributed by atoms with Gasteiger partial charge in [-0.2, -0.15) is 5.10 Å². The van der Waals surface area contributed by atoms with E-state index in [1.165, 1.54) is 24.2 Å². The van der Waals surface area contributed by atoms with Gasteiger partial charge in [-0.25, -0.2) is 0 Å². The van der Waals surface area contributed by atoms with Gasteiger partial charge in [-0.15, -0.1) is 0 Å². The molecule has 2 aliphatic heterocycles. The molecule has 6 nitrogen and oxygen atoms in total. The van der Waals surface area contributed by atoms with E-state index in [2.05, 4.69) is 46.4 Å². The zero-order valence-corrected chi connectivity index (χ0v) is 15.6. The predicted octanol–water partition coefficient (Wildman–Crippen LogP) is 3.41. The van der Waals surface area contributed by atoms with Crippen LogP contribution in [-0.2, 0) is 13.0 Å². The first-order chi connectivity index (χ1) is 12.7. The maximum atomic E-state index is 5.47. The molecule has 2 N–H and O–H groups in total. The number of likely N-dealkylation sites (tertiary alicyclic amines) is 1. The Kier molecular flexibility index (Phi) is 5.02. The van der Waals surface area contributed by atoms with E-state index in [4.69, 9.17) is 9.47 Å². The molecule has 2 aromatic rings. The van der Waals surface area contributed by atoms with Crippen molar-refractivity contribution in [1.29, 1.82) is 0 Å². The van der Waals surface area contributed by atoms with Crippen molar-refractivity contribution in [2.45, 2.75) is 45.7 Å². The van der Waals surface area contributed by atoms with Crippen LogP contribution in [0.3, 0.4) is 0 Å². The van der Waals surface area contributed by atoms with Gasteiger partial charge >= 0.3 is 0 Å². The number of benzene rings is 1. The second-order valence-corrected chi connectivity index (χ2v) is 7.77. The number of piperidine rings is 1. The first-order valence-corrected chi connectivity index (χ1v) is 9.57. The predicted molar refractivity (Wildman–Crippen MR) is 102 cm³/mol. The molecular weight excluding hydrogens is 328 g/mol. The lowest BCUT2D eigenvalue weighted by Crippen LogP contribution is -2.41. The van der Waals surface area contributed by atoms with Crippen molar-refractivity contribution < 1.29 is 9.47 Å². The van der Waals surface area contributed by atoms with Crippen molar-refractivity contribution in [3.63, 3.8) is 0 Å². The third-order valence-corrected chi connectivity index (χ3v) is 4.94. The first-order valence-electron chi connectivity index (χ1n) is 9.57. The number of hydrogen-bond donors (Lipinski definition) is 2. The second kappa shape index (κ2) is 7.58. The lowest BCUT2D eigenvalue weighted by Gasteiger charge is -2.33. The molecule has 1 aromatic heterocycles. The maximum Gasteiger partial charge on any atom is 0.231 e. The number of fused-ring (bicyclic) bond motifs is 1. The van der Waals surface area contributed by atoms with Gasteiger partial charge in [-0.3, -0.25) is 10.00 Å². The molecule has 6 heteroatoms. The number of hydrogen-bond acceptors (Lipinski definition) is 5. The highest BCUT2D eigenvalue weighted by molar-refractivity contribution is 5.56. The monoisotopic (exact) mass is 356 g/mol. The topological polar surface area (TPSA) is 62.4 Å². The van der Waals surface area contributed by atoms with E-state index in [0.29, 0.717) is 18.8 Å². The van der Waals surface area contributed by atoms with Crippen LogP contribution in [0.15, 0.2) is 24.3 Å². The average molecular weight is 356 g/mol. The molecule has 1 aromatic carbocycles. The minimum atomic E-state index is 0.318. The molecule has 0 aliphatic carbocycles. The number of anilines is 1. The fourth-order valence-electron chi connectivity index (χ4n) is 3.79. The smallest absolute Gasteiger partial charge is 0.231 e. The maximum absolute atomic E-state index is 5.47. The summed E-state index contributed by atoms with van der Waals surface area (Å²) >= 11 is 0. The van der Waals surface area contributed by atoms with Crippen molar-refractivity contribution in [1.82, 2.24) is 15.1 Å². The summed E-state index contributed by atoms with van der Waals surface area (Å²) in [5.41, 5.74) is 3.48. The summed E-state index contributed by atoms with van der Waals surface area (Å²) in [4.78, 5) is 2.50. The molecular formula is C20H28N4O2. The summed E-state index contributed by atoms with van der Waals surface area (Å²) in [7, 11) is 0. The molecule has 26 heavy (non-hydrogen) atoms. The average Bonchev–Trinajstić information content (AvgIpc) is 3.23. The highest BCUT2D eigenvalue weighted by Gasteiger charge is 2.21. The number of aromatic nitrogens is 2. The molecule has 140 valence electrons. The molecule has 0 bridgehead atoms. The molecule has 0 unspecified atom stereocenters. The van der Waals surface area contributed by atoms with Gasteiger partial charge in [0.05, 0.1) is 5.69 Å². The Bertz CT molecular complexity index is 743. The van der Waals surface area contributed by atoms with E-state index in [9.17, 15) is 0 Å². The standard InChI is InChI=1S/C20H28N4O2/c1-14(2)8-17-9-18(23-22-17)12-24-7-3-4-16(11-24)21-15-5-6-19-20(10-15)26-13-25-19/h5-6,9-10,14,16,21H,3-4,7-8,11-13H2,1-2H3,(H,22,23)/t16-/m0/s1. The lowest BCUT2D eigenvalue weighted by molar-refractivity contribution is 0.174. The Hall–Kier alpha value is -2.21. The Balaban J connectivity index is 1.33. The van der Waals surface area contributed by atoms with Gasteiger partial charge in [0, 0.05) is 36.6 Å². The van der Waals surface area contributed by atoms with Crippen LogP contribution >= 0.6 is 0 Å². The Morgan fingerprint density at radius 3 is 3.04 bits per heavy atom. The number of nitrogens with one attached hydrogen (secondary N) is 2. The van der Waals surface area contributed by atoms with E-state index >= 15 is 0 Å². The number of H-pyrrole nitrogens is 1. The zero-order valence-electron chi connectivity index (χ0n) is 15.6. The van der Waals surface area contributed by atoms with E-state index in [-0.39, 0.29) is 0 Å². The summed E-state index contributed by atoms with van der Waals surface area (Å²) in [6.07, 6.45) is 3.42. The molecule has 4 rings (SSSR count). The van der Waals surface area contributed by atoms with Crippen molar-refractivity contribution in [3.8, 4) is 11.5 Å². The number of aromatic amines is 1. The fourth-order valence-corrected chi connectivity index (χ4v) is 3.79. The minimum absolute atomic E-state index is 0.318. The largest absolute Gasteiger partial charge is 0.454 e. The first kappa shape index (κ1) is 17.2. The van der Waals surface area contributed by atoms with Crippen LogP contribution in [-0.4, -0.2) is 41.0 Å². The third-order valence-electron chi connectivity index (χ3n) is 4.94. The Morgan fingerprint density at radius 2 is 2.15 bits per heavy atom. The SMILES string of the molecule is CC(C)Cc1cc(CN2CCC[C@H](Nc3ccc4c(c3)OCO4)C2)[nH]n1. The van der Waals surface area contributed by atoms with Gasteiger partial charge in [-0.1, -0.05) is 13.8 Å². The van der Waals surface area contributed by atoms with Crippen LogP contribution in [0.1, 0.15) is 38.1 Å². The zero-order chi connectivity index (χ0) is 17.9. The molecule has 0 amide bonds. The molecule has 3 heterocycles. The molecule has 0 spiro atoms. The second-order valence-electron chi connectivity index (χ2n) is 7.77. The van der Waals surface area contributed by atoms with Gasteiger partial charge < -0.3 is 14.8 Å². The van der Waals surface area contributed by atoms with Gasteiger partial charge in [-0.05, 0) is 49.9 Å². The van der Waals surface area contributed by atoms with Gasteiger partial charge in [0.1, 0.15) is 0 Å². The fraction of sp³-hybridized carbons (Fsp3) is 0.550. The van der Waals surface area contributed by atoms with E-state index in [1.807, 2.05) is 12.1 Å².